The van der Waals surface area contributed by atoms with E-state index < -0.39 is 49.2 Å². The summed E-state index contributed by atoms with van der Waals surface area (Å²) in [5.74, 6) is -3.30. The van der Waals surface area contributed by atoms with Crippen LogP contribution in [0.15, 0.2) is 42.5 Å². The minimum absolute atomic E-state index is 0.0674. The number of carbonyl (C=O) groups excluding carboxylic acids is 3. The Hall–Kier alpha value is -2.50. The minimum Gasteiger partial charge on any atom is -0.298 e. The lowest BCUT2D eigenvalue weighted by atomic mass is 9.84. The lowest BCUT2D eigenvalue weighted by Gasteiger charge is -2.21. The van der Waals surface area contributed by atoms with E-state index in [0.717, 1.165) is 10.8 Å². The van der Waals surface area contributed by atoms with E-state index in [1.165, 1.54) is 12.1 Å². The highest BCUT2D eigenvalue weighted by atomic mass is 19.1. The first-order valence-electron chi connectivity index (χ1n) is 7.25. The fourth-order valence-corrected chi connectivity index (χ4v) is 2.24. The average molecular weight is 336 g/mol. The average Bonchev–Trinajstić information content (AvgIpc) is 2.62. The van der Waals surface area contributed by atoms with Gasteiger partial charge in [-0.05, 0) is 16.8 Å². The fourth-order valence-electron chi connectivity index (χ4n) is 2.24. The van der Waals surface area contributed by atoms with Gasteiger partial charge in [0.1, 0.15) is 25.4 Å². The van der Waals surface area contributed by atoms with Gasteiger partial charge in [-0.1, -0.05) is 36.4 Å². The van der Waals surface area contributed by atoms with Crippen molar-refractivity contribution < 1.29 is 27.6 Å². The third kappa shape index (κ3) is 3.37. The molecule has 2 aromatic rings. The molecule has 3 nitrogen and oxygen atoms in total. The summed E-state index contributed by atoms with van der Waals surface area (Å²) in [7, 11) is 0. The Morgan fingerprint density at radius 1 is 0.833 bits per heavy atom. The van der Waals surface area contributed by atoms with Crippen LogP contribution in [0.3, 0.4) is 0 Å². The van der Waals surface area contributed by atoms with Crippen molar-refractivity contribution >= 4 is 28.1 Å². The van der Waals surface area contributed by atoms with Crippen molar-refractivity contribution in [1.82, 2.24) is 0 Å². The molecule has 0 unspecified atom stereocenters. The summed E-state index contributed by atoms with van der Waals surface area (Å²) in [5, 5.41) is 1.59. The highest BCUT2D eigenvalue weighted by Crippen LogP contribution is 2.24. The summed E-state index contributed by atoms with van der Waals surface area (Å²) in [6.45, 7) is -4.68. The van der Waals surface area contributed by atoms with Crippen molar-refractivity contribution in [3.63, 3.8) is 0 Å². The first-order chi connectivity index (χ1) is 11.5. The Bertz CT molecular complexity index is 774. The van der Waals surface area contributed by atoms with Crippen molar-refractivity contribution in [1.29, 1.82) is 0 Å². The Morgan fingerprint density at radius 3 is 2.00 bits per heavy atom. The Morgan fingerprint density at radius 2 is 1.42 bits per heavy atom. The molecule has 0 amide bonds. The van der Waals surface area contributed by atoms with E-state index in [2.05, 4.69) is 0 Å². The molecule has 0 aromatic heterocycles. The second kappa shape index (κ2) is 7.38. The van der Waals surface area contributed by atoms with Crippen LogP contribution < -0.4 is 0 Å². The number of hydrogen-bond acceptors (Lipinski definition) is 3. The number of rotatable bonds is 8. The van der Waals surface area contributed by atoms with Gasteiger partial charge in [0, 0.05) is 5.56 Å². The maximum atomic E-state index is 12.8. The maximum absolute atomic E-state index is 12.8. The van der Waals surface area contributed by atoms with Gasteiger partial charge in [-0.3, -0.25) is 14.4 Å². The SMILES string of the molecule is O=C(CC(=O)C(CF)(CF)CF)C(=O)c1ccc2ccccc2c1. The van der Waals surface area contributed by atoms with Gasteiger partial charge in [0.2, 0.25) is 11.6 Å². The molecule has 0 radical (unpaired) electrons. The quantitative estimate of drug-likeness (QED) is 0.421. The van der Waals surface area contributed by atoms with E-state index in [1.54, 1.807) is 18.2 Å². The van der Waals surface area contributed by atoms with Crippen molar-refractivity contribution in [2.24, 2.45) is 5.41 Å². The third-order valence-electron chi connectivity index (χ3n) is 3.94. The molecule has 24 heavy (non-hydrogen) atoms. The topological polar surface area (TPSA) is 51.2 Å². The second-order valence-corrected chi connectivity index (χ2v) is 5.60. The van der Waals surface area contributed by atoms with E-state index in [4.69, 9.17) is 0 Å². The maximum Gasteiger partial charge on any atom is 0.229 e. The number of alkyl halides is 3. The molecule has 0 aliphatic heterocycles. The van der Waals surface area contributed by atoms with Crippen molar-refractivity contribution in [2.75, 3.05) is 20.0 Å². The lowest BCUT2D eigenvalue weighted by molar-refractivity contribution is -0.134. The highest BCUT2D eigenvalue weighted by Gasteiger charge is 2.40. The molecule has 0 heterocycles. The molecule has 2 rings (SSSR count). The number of ketones is 3. The first-order valence-corrected chi connectivity index (χ1v) is 7.25. The van der Waals surface area contributed by atoms with Crippen LogP contribution in [0.1, 0.15) is 16.8 Å². The van der Waals surface area contributed by atoms with E-state index in [-0.39, 0.29) is 5.56 Å². The standard InChI is InChI=1S/C18H15F3O3/c19-9-18(10-20,11-21)16(23)8-15(22)17(24)14-6-5-12-3-1-2-4-13(12)7-14/h1-7H,8-11H2. The number of fused-ring (bicyclic) bond motifs is 1. The summed E-state index contributed by atoms with van der Waals surface area (Å²) in [6, 6.07) is 11.7. The minimum atomic E-state index is -2.49. The van der Waals surface area contributed by atoms with Gasteiger partial charge in [0.25, 0.3) is 0 Å². The van der Waals surface area contributed by atoms with Gasteiger partial charge in [0.15, 0.2) is 5.78 Å². The normalized spacial score (nSPS) is 11.5. The highest BCUT2D eigenvalue weighted by molar-refractivity contribution is 6.46. The number of hydrogen-bond donors (Lipinski definition) is 0. The van der Waals surface area contributed by atoms with Crippen molar-refractivity contribution in [2.45, 2.75) is 6.42 Å². The number of halogens is 3. The van der Waals surface area contributed by atoms with E-state index in [1.807, 2.05) is 12.1 Å². The fraction of sp³-hybridized carbons (Fsp3) is 0.278. The molecule has 126 valence electrons. The Kier molecular flexibility index (Phi) is 5.49. The number of carbonyl (C=O) groups is 3. The third-order valence-corrected chi connectivity index (χ3v) is 3.94. The zero-order chi connectivity index (χ0) is 17.7. The van der Waals surface area contributed by atoms with Crippen LogP contribution in [0.2, 0.25) is 0 Å². The zero-order valence-electron chi connectivity index (χ0n) is 12.7. The summed E-state index contributed by atoms with van der Waals surface area (Å²) in [6.07, 6.45) is -1.02. The molecule has 0 spiro atoms. The number of benzene rings is 2. The van der Waals surface area contributed by atoms with Crippen LogP contribution >= 0.6 is 0 Å². The molecule has 0 N–H and O–H groups in total. The van der Waals surface area contributed by atoms with Crippen LogP contribution in [-0.4, -0.2) is 37.4 Å². The molecule has 0 atom stereocenters. The zero-order valence-corrected chi connectivity index (χ0v) is 12.7. The molecule has 0 aliphatic rings. The largest absolute Gasteiger partial charge is 0.298 e. The summed E-state index contributed by atoms with van der Waals surface area (Å²) in [5.41, 5.74) is -2.42. The molecule has 2 aromatic carbocycles. The molecular weight excluding hydrogens is 321 g/mol. The molecular formula is C18H15F3O3. The molecule has 0 saturated carbocycles. The molecule has 0 aliphatic carbocycles. The monoisotopic (exact) mass is 336 g/mol. The predicted molar refractivity (Wildman–Crippen MR) is 83.3 cm³/mol. The van der Waals surface area contributed by atoms with Crippen LogP contribution in [0.25, 0.3) is 10.8 Å². The van der Waals surface area contributed by atoms with Crippen LogP contribution in [0, 0.1) is 5.41 Å². The van der Waals surface area contributed by atoms with Gasteiger partial charge in [0.05, 0.1) is 6.42 Å². The van der Waals surface area contributed by atoms with Crippen LogP contribution in [0.4, 0.5) is 13.2 Å². The van der Waals surface area contributed by atoms with E-state index in [9.17, 15) is 27.6 Å². The lowest BCUT2D eigenvalue weighted by Crippen LogP contribution is -2.40. The van der Waals surface area contributed by atoms with Crippen LogP contribution in [-0.2, 0) is 9.59 Å². The van der Waals surface area contributed by atoms with E-state index in [0.29, 0.717) is 0 Å². The molecule has 6 heteroatoms. The Balaban J connectivity index is 2.19. The Labute approximate surface area is 136 Å². The van der Waals surface area contributed by atoms with Gasteiger partial charge in [-0.25, -0.2) is 13.2 Å². The predicted octanol–water partition coefficient (Wildman–Crippen LogP) is 3.45. The molecule has 0 bridgehead atoms. The summed E-state index contributed by atoms with van der Waals surface area (Å²) in [4.78, 5) is 35.9. The van der Waals surface area contributed by atoms with Gasteiger partial charge in [-0.2, -0.15) is 0 Å². The number of Topliss-reactive ketones (excluding diaryl/α,β-unsaturated/α-hetero) is 3. The van der Waals surface area contributed by atoms with Crippen molar-refractivity contribution in [3.05, 3.63) is 48.0 Å². The second-order valence-electron chi connectivity index (χ2n) is 5.60. The van der Waals surface area contributed by atoms with E-state index >= 15 is 0 Å². The van der Waals surface area contributed by atoms with Gasteiger partial charge >= 0.3 is 0 Å². The molecule has 0 fully saturated rings. The van der Waals surface area contributed by atoms with Gasteiger partial charge < -0.3 is 0 Å². The van der Waals surface area contributed by atoms with Crippen molar-refractivity contribution in [3.8, 4) is 0 Å². The molecule has 0 saturated heterocycles. The summed E-state index contributed by atoms with van der Waals surface area (Å²) >= 11 is 0. The first kappa shape index (κ1) is 17.8. The smallest absolute Gasteiger partial charge is 0.229 e. The van der Waals surface area contributed by atoms with Crippen LogP contribution in [0.5, 0.6) is 0 Å². The summed E-state index contributed by atoms with van der Waals surface area (Å²) < 4.78 is 38.4. The van der Waals surface area contributed by atoms with Gasteiger partial charge in [-0.15, -0.1) is 0 Å².